The second kappa shape index (κ2) is 8.83. The number of amides is 1. The molecule has 5 rings (SSSR count). The van der Waals surface area contributed by atoms with Crippen molar-refractivity contribution in [3.8, 4) is 11.5 Å². The van der Waals surface area contributed by atoms with Crippen molar-refractivity contribution < 1.29 is 27.1 Å². The Kier molecular flexibility index (Phi) is 5.88. The molecule has 1 saturated heterocycles. The van der Waals surface area contributed by atoms with Crippen molar-refractivity contribution in [2.24, 2.45) is 0 Å². The maximum atomic E-state index is 14.4. The van der Waals surface area contributed by atoms with E-state index in [4.69, 9.17) is 9.47 Å². The molecule has 0 N–H and O–H groups in total. The van der Waals surface area contributed by atoms with Crippen molar-refractivity contribution in [1.29, 1.82) is 0 Å². The number of benzene rings is 2. The zero-order valence-electron chi connectivity index (χ0n) is 18.2. The summed E-state index contributed by atoms with van der Waals surface area (Å²) in [6.07, 6.45) is 1.67. The topological polar surface area (TPSA) is 79.4 Å². The minimum Gasteiger partial charge on any atom is -0.486 e. The Morgan fingerprint density at radius 3 is 2.52 bits per heavy atom. The smallest absolute Gasteiger partial charge is 0.243 e. The average Bonchev–Trinajstić information content (AvgIpc) is 2.84. The first kappa shape index (κ1) is 22.0. The third-order valence-electron chi connectivity index (χ3n) is 6.33. The van der Waals surface area contributed by atoms with Gasteiger partial charge in [0, 0.05) is 38.8 Å². The number of para-hydroxylation sites is 1. The molecule has 0 saturated carbocycles. The number of carbonyl (C=O) groups is 1. The Balaban J connectivity index is 1.23. The standard InChI is InChI=1S/C23H26FN3O5S/c24-19-5-1-3-17-4-2-8-26(23(17)19)16-22(28)25-9-11-27(12-10-25)33(29,30)18-6-7-20-21(15-18)32-14-13-31-20/h1,3,5-7,15H,2,4,8-14,16H2. The molecule has 1 amide bonds. The number of piperazine rings is 1. The van der Waals surface area contributed by atoms with Crippen molar-refractivity contribution in [2.75, 3.05) is 57.4 Å². The van der Waals surface area contributed by atoms with Gasteiger partial charge in [0.1, 0.15) is 19.0 Å². The summed E-state index contributed by atoms with van der Waals surface area (Å²) in [7, 11) is -3.72. The molecular formula is C23H26FN3O5S. The maximum absolute atomic E-state index is 14.4. The number of hydrogen-bond donors (Lipinski definition) is 0. The molecule has 0 atom stereocenters. The molecule has 2 aromatic carbocycles. The van der Waals surface area contributed by atoms with Crippen LogP contribution in [0.4, 0.5) is 10.1 Å². The minimum atomic E-state index is -3.72. The fraction of sp³-hybridized carbons (Fsp3) is 0.435. The van der Waals surface area contributed by atoms with Crippen LogP contribution in [0.2, 0.25) is 0 Å². The van der Waals surface area contributed by atoms with Crippen LogP contribution in [0, 0.1) is 5.82 Å². The number of anilines is 1. The molecule has 0 aromatic heterocycles. The van der Waals surface area contributed by atoms with Crippen LogP contribution in [-0.2, 0) is 21.2 Å². The van der Waals surface area contributed by atoms with Gasteiger partial charge in [-0.05, 0) is 36.6 Å². The third kappa shape index (κ3) is 4.24. The van der Waals surface area contributed by atoms with E-state index in [-0.39, 0.29) is 36.3 Å². The Morgan fingerprint density at radius 1 is 0.970 bits per heavy atom. The van der Waals surface area contributed by atoms with Gasteiger partial charge in [0.2, 0.25) is 15.9 Å². The summed E-state index contributed by atoms with van der Waals surface area (Å²) in [6, 6.07) is 9.63. The molecule has 8 nitrogen and oxygen atoms in total. The van der Waals surface area contributed by atoms with Crippen LogP contribution < -0.4 is 14.4 Å². The lowest BCUT2D eigenvalue weighted by Crippen LogP contribution is -2.53. The first-order valence-corrected chi connectivity index (χ1v) is 12.6. The van der Waals surface area contributed by atoms with Gasteiger partial charge < -0.3 is 19.3 Å². The van der Waals surface area contributed by atoms with Gasteiger partial charge in [-0.15, -0.1) is 0 Å². The number of ether oxygens (including phenoxy) is 2. The van der Waals surface area contributed by atoms with Crippen molar-refractivity contribution in [3.05, 3.63) is 47.8 Å². The SMILES string of the molecule is O=C(CN1CCCc2cccc(F)c21)N1CCN(S(=O)(=O)c2ccc3c(c2)OCCO3)CC1. The van der Waals surface area contributed by atoms with Gasteiger partial charge in [0.25, 0.3) is 0 Å². The maximum Gasteiger partial charge on any atom is 0.243 e. The van der Waals surface area contributed by atoms with Gasteiger partial charge in [0.15, 0.2) is 11.5 Å². The summed E-state index contributed by atoms with van der Waals surface area (Å²) in [6.45, 7) is 2.51. The zero-order valence-corrected chi connectivity index (χ0v) is 19.0. The van der Waals surface area contributed by atoms with Crippen LogP contribution in [-0.4, -0.2) is 76.0 Å². The van der Waals surface area contributed by atoms with E-state index in [0.29, 0.717) is 50.0 Å². The molecule has 2 aromatic rings. The number of sulfonamides is 1. The summed E-state index contributed by atoms with van der Waals surface area (Å²) < 4.78 is 53.0. The summed E-state index contributed by atoms with van der Waals surface area (Å²) >= 11 is 0. The van der Waals surface area contributed by atoms with Crippen LogP contribution in [0.1, 0.15) is 12.0 Å². The fourth-order valence-electron chi connectivity index (χ4n) is 4.62. The average molecular weight is 476 g/mol. The molecule has 176 valence electrons. The van der Waals surface area contributed by atoms with E-state index in [9.17, 15) is 17.6 Å². The summed E-state index contributed by atoms with van der Waals surface area (Å²) in [5.74, 6) is 0.523. The molecule has 0 radical (unpaired) electrons. The summed E-state index contributed by atoms with van der Waals surface area (Å²) in [4.78, 5) is 16.5. The molecule has 0 spiro atoms. The number of hydrogen-bond acceptors (Lipinski definition) is 6. The summed E-state index contributed by atoms with van der Waals surface area (Å²) in [5, 5.41) is 0. The Bertz CT molecular complexity index is 1160. The highest BCUT2D eigenvalue weighted by Crippen LogP contribution is 2.33. The highest BCUT2D eigenvalue weighted by atomic mass is 32.2. The fourth-order valence-corrected chi connectivity index (χ4v) is 6.06. The van der Waals surface area contributed by atoms with E-state index in [1.807, 2.05) is 6.07 Å². The molecule has 10 heteroatoms. The molecule has 0 unspecified atom stereocenters. The van der Waals surface area contributed by atoms with E-state index in [1.54, 1.807) is 21.9 Å². The third-order valence-corrected chi connectivity index (χ3v) is 8.22. The second-order valence-corrected chi connectivity index (χ2v) is 10.3. The van der Waals surface area contributed by atoms with E-state index in [0.717, 1.165) is 18.4 Å². The molecule has 1 fully saturated rings. The quantitative estimate of drug-likeness (QED) is 0.672. The van der Waals surface area contributed by atoms with Gasteiger partial charge in [-0.25, -0.2) is 12.8 Å². The van der Waals surface area contributed by atoms with Crippen molar-refractivity contribution in [3.63, 3.8) is 0 Å². The lowest BCUT2D eigenvalue weighted by molar-refractivity contribution is -0.130. The Hall–Kier alpha value is -2.85. The molecule has 33 heavy (non-hydrogen) atoms. The molecule has 0 bridgehead atoms. The number of fused-ring (bicyclic) bond motifs is 2. The molecule has 3 heterocycles. The predicted molar refractivity (Wildman–Crippen MR) is 120 cm³/mol. The number of halogens is 1. The van der Waals surface area contributed by atoms with Crippen LogP contribution >= 0.6 is 0 Å². The first-order valence-electron chi connectivity index (χ1n) is 11.1. The second-order valence-electron chi connectivity index (χ2n) is 8.36. The molecule has 0 aliphatic carbocycles. The van der Waals surface area contributed by atoms with Crippen molar-refractivity contribution >= 4 is 21.6 Å². The van der Waals surface area contributed by atoms with Gasteiger partial charge in [-0.3, -0.25) is 4.79 Å². The number of carbonyl (C=O) groups excluding carboxylic acids is 1. The lowest BCUT2D eigenvalue weighted by Gasteiger charge is -2.37. The number of aryl methyl sites for hydroxylation is 1. The van der Waals surface area contributed by atoms with E-state index < -0.39 is 10.0 Å². The molecular weight excluding hydrogens is 449 g/mol. The largest absolute Gasteiger partial charge is 0.486 e. The Labute approximate surface area is 192 Å². The van der Waals surface area contributed by atoms with E-state index >= 15 is 0 Å². The predicted octanol–water partition coefficient (Wildman–Crippen LogP) is 1.88. The number of rotatable bonds is 4. The first-order chi connectivity index (χ1) is 15.9. The monoisotopic (exact) mass is 475 g/mol. The van der Waals surface area contributed by atoms with Gasteiger partial charge in [-0.2, -0.15) is 4.31 Å². The number of nitrogens with zero attached hydrogens (tertiary/aromatic N) is 3. The minimum absolute atomic E-state index is 0.0862. The lowest BCUT2D eigenvalue weighted by atomic mass is 10.0. The molecule has 3 aliphatic rings. The Morgan fingerprint density at radius 2 is 1.73 bits per heavy atom. The van der Waals surface area contributed by atoms with Crippen LogP contribution in [0.5, 0.6) is 11.5 Å². The van der Waals surface area contributed by atoms with Crippen LogP contribution in [0.3, 0.4) is 0 Å². The zero-order chi connectivity index (χ0) is 23.0. The normalized spacial score (nSPS) is 18.7. The van der Waals surface area contributed by atoms with E-state index in [2.05, 4.69) is 0 Å². The van der Waals surface area contributed by atoms with Gasteiger partial charge in [0.05, 0.1) is 17.1 Å². The van der Waals surface area contributed by atoms with Crippen molar-refractivity contribution in [1.82, 2.24) is 9.21 Å². The van der Waals surface area contributed by atoms with Crippen LogP contribution in [0.15, 0.2) is 41.3 Å². The molecule has 3 aliphatic heterocycles. The van der Waals surface area contributed by atoms with Gasteiger partial charge in [-0.1, -0.05) is 12.1 Å². The van der Waals surface area contributed by atoms with E-state index in [1.165, 1.54) is 22.5 Å². The van der Waals surface area contributed by atoms with Crippen molar-refractivity contribution in [2.45, 2.75) is 17.7 Å². The summed E-state index contributed by atoms with van der Waals surface area (Å²) in [5.41, 5.74) is 1.43. The highest BCUT2D eigenvalue weighted by Gasteiger charge is 2.32. The highest BCUT2D eigenvalue weighted by molar-refractivity contribution is 7.89. The van der Waals surface area contributed by atoms with Crippen LogP contribution in [0.25, 0.3) is 0 Å². The van der Waals surface area contributed by atoms with Gasteiger partial charge >= 0.3 is 0 Å².